The molecule has 0 aliphatic heterocycles. The number of rotatable bonds is 6. The van der Waals surface area contributed by atoms with Crippen LogP contribution in [0.5, 0.6) is 5.75 Å². The van der Waals surface area contributed by atoms with Gasteiger partial charge in [0.05, 0.1) is 25.7 Å². The number of hydrogen-bond acceptors (Lipinski definition) is 3. The Balaban J connectivity index is 2.76. The SMILES string of the molecule is CC[C@H](C)COc1cc(CO)cc(CC#N)c1. The van der Waals surface area contributed by atoms with Crippen LogP contribution in [0.4, 0.5) is 0 Å². The van der Waals surface area contributed by atoms with Gasteiger partial charge in [-0.3, -0.25) is 0 Å². The van der Waals surface area contributed by atoms with E-state index in [1.165, 1.54) is 0 Å². The third-order valence-electron chi connectivity index (χ3n) is 2.72. The van der Waals surface area contributed by atoms with E-state index in [4.69, 9.17) is 15.1 Å². The third kappa shape index (κ3) is 4.46. The van der Waals surface area contributed by atoms with Crippen LogP contribution >= 0.6 is 0 Å². The van der Waals surface area contributed by atoms with Gasteiger partial charge in [-0.2, -0.15) is 5.26 Å². The predicted octanol–water partition coefficient (Wildman–Crippen LogP) is 2.67. The molecule has 0 amide bonds. The second-order valence-electron chi connectivity index (χ2n) is 4.30. The summed E-state index contributed by atoms with van der Waals surface area (Å²) >= 11 is 0. The van der Waals surface area contributed by atoms with Crippen LogP contribution in [0.25, 0.3) is 0 Å². The molecule has 1 rings (SSSR count). The molecule has 0 spiro atoms. The van der Waals surface area contributed by atoms with Gasteiger partial charge < -0.3 is 9.84 Å². The molecule has 0 fully saturated rings. The molecule has 0 radical (unpaired) electrons. The summed E-state index contributed by atoms with van der Waals surface area (Å²) in [4.78, 5) is 0. The molecule has 0 aliphatic rings. The average molecular weight is 233 g/mol. The quantitative estimate of drug-likeness (QED) is 0.821. The van der Waals surface area contributed by atoms with E-state index in [1.807, 2.05) is 18.2 Å². The van der Waals surface area contributed by atoms with Gasteiger partial charge in [-0.15, -0.1) is 0 Å². The van der Waals surface area contributed by atoms with Crippen molar-refractivity contribution in [1.29, 1.82) is 5.26 Å². The van der Waals surface area contributed by atoms with E-state index in [2.05, 4.69) is 19.9 Å². The lowest BCUT2D eigenvalue weighted by molar-refractivity contribution is 0.253. The highest BCUT2D eigenvalue weighted by molar-refractivity contribution is 5.35. The summed E-state index contributed by atoms with van der Waals surface area (Å²) in [6.45, 7) is 4.89. The molecular formula is C14H19NO2. The molecule has 92 valence electrons. The highest BCUT2D eigenvalue weighted by Gasteiger charge is 2.04. The van der Waals surface area contributed by atoms with E-state index in [-0.39, 0.29) is 6.61 Å². The van der Waals surface area contributed by atoms with E-state index in [9.17, 15) is 0 Å². The minimum atomic E-state index is -0.0288. The van der Waals surface area contributed by atoms with Crippen molar-refractivity contribution >= 4 is 0 Å². The number of nitriles is 1. The Hall–Kier alpha value is -1.53. The molecule has 0 bridgehead atoms. The lowest BCUT2D eigenvalue weighted by Gasteiger charge is -2.12. The Bertz CT molecular complexity index is 396. The minimum Gasteiger partial charge on any atom is -0.493 e. The molecular weight excluding hydrogens is 214 g/mol. The van der Waals surface area contributed by atoms with E-state index >= 15 is 0 Å². The lowest BCUT2D eigenvalue weighted by atomic mass is 10.1. The van der Waals surface area contributed by atoms with Crippen LogP contribution in [0.3, 0.4) is 0 Å². The van der Waals surface area contributed by atoms with Crippen molar-refractivity contribution in [1.82, 2.24) is 0 Å². The van der Waals surface area contributed by atoms with Gasteiger partial charge in [0.2, 0.25) is 0 Å². The summed E-state index contributed by atoms with van der Waals surface area (Å²) in [7, 11) is 0. The Morgan fingerprint density at radius 3 is 2.65 bits per heavy atom. The van der Waals surface area contributed by atoms with Crippen molar-refractivity contribution in [3.05, 3.63) is 29.3 Å². The summed E-state index contributed by atoms with van der Waals surface area (Å²) in [6, 6.07) is 7.62. The van der Waals surface area contributed by atoms with E-state index in [0.29, 0.717) is 18.9 Å². The van der Waals surface area contributed by atoms with Gasteiger partial charge >= 0.3 is 0 Å². The smallest absolute Gasteiger partial charge is 0.119 e. The first kappa shape index (κ1) is 13.5. The van der Waals surface area contributed by atoms with Crippen LogP contribution in [0.15, 0.2) is 18.2 Å². The topological polar surface area (TPSA) is 53.2 Å². The standard InChI is InChI=1S/C14H19NO2/c1-3-11(2)10-17-14-7-12(4-5-15)6-13(8-14)9-16/h6-8,11,16H,3-4,9-10H2,1-2H3/t11-/m0/s1. The lowest BCUT2D eigenvalue weighted by Crippen LogP contribution is -2.07. The van der Waals surface area contributed by atoms with Gasteiger partial charge in [-0.1, -0.05) is 26.3 Å². The van der Waals surface area contributed by atoms with Gasteiger partial charge in [0.25, 0.3) is 0 Å². The zero-order valence-electron chi connectivity index (χ0n) is 10.4. The molecule has 3 heteroatoms. The fraction of sp³-hybridized carbons (Fsp3) is 0.500. The van der Waals surface area contributed by atoms with Crippen LogP contribution in [-0.4, -0.2) is 11.7 Å². The van der Waals surface area contributed by atoms with Crippen LogP contribution in [-0.2, 0) is 13.0 Å². The average Bonchev–Trinajstić information content (AvgIpc) is 2.36. The Labute approximate surface area is 103 Å². The molecule has 0 saturated carbocycles. The first-order valence-corrected chi connectivity index (χ1v) is 5.93. The van der Waals surface area contributed by atoms with E-state index in [0.717, 1.165) is 23.3 Å². The molecule has 0 heterocycles. The van der Waals surface area contributed by atoms with Crippen LogP contribution < -0.4 is 4.74 Å². The maximum Gasteiger partial charge on any atom is 0.119 e. The van der Waals surface area contributed by atoms with Crippen molar-refractivity contribution in [2.45, 2.75) is 33.3 Å². The molecule has 0 unspecified atom stereocenters. The number of ether oxygens (including phenoxy) is 1. The molecule has 0 saturated heterocycles. The molecule has 1 atom stereocenters. The van der Waals surface area contributed by atoms with Crippen molar-refractivity contribution in [3.63, 3.8) is 0 Å². The first-order valence-electron chi connectivity index (χ1n) is 5.93. The number of aliphatic hydroxyl groups is 1. The summed E-state index contributed by atoms with van der Waals surface area (Å²) in [6.07, 6.45) is 1.41. The van der Waals surface area contributed by atoms with Gasteiger partial charge in [0.1, 0.15) is 5.75 Å². The van der Waals surface area contributed by atoms with E-state index in [1.54, 1.807) is 0 Å². The molecule has 3 nitrogen and oxygen atoms in total. The highest BCUT2D eigenvalue weighted by atomic mass is 16.5. The van der Waals surface area contributed by atoms with Crippen LogP contribution in [0.2, 0.25) is 0 Å². The van der Waals surface area contributed by atoms with Crippen LogP contribution in [0.1, 0.15) is 31.4 Å². The van der Waals surface area contributed by atoms with Gasteiger partial charge in [0, 0.05) is 0 Å². The monoisotopic (exact) mass is 233 g/mol. The largest absolute Gasteiger partial charge is 0.493 e. The summed E-state index contributed by atoms with van der Waals surface area (Å²) < 4.78 is 5.67. The summed E-state index contributed by atoms with van der Waals surface area (Å²) in [5.74, 6) is 1.24. The van der Waals surface area contributed by atoms with Crippen molar-refractivity contribution in [2.75, 3.05) is 6.61 Å². The molecule has 1 N–H and O–H groups in total. The maximum absolute atomic E-state index is 9.14. The highest BCUT2D eigenvalue weighted by Crippen LogP contribution is 2.19. The zero-order valence-corrected chi connectivity index (χ0v) is 10.4. The Kier molecular flexibility index (Phi) is 5.51. The van der Waals surface area contributed by atoms with Crippen molar-refractivity contribution < 1.29 is 9.84 Å². The Morgan fingerprint density at radius 1 is 1.35 bits per heavy atom. The van der Waals surface area contributed by atoms with Gasteiger partial charge in [-0.05, 0) is 29.2 Å². The van der Waals surface area contributed by atoms with Crippen molar-refractivity contribution in [3.8, 4) is 11.8 Å². The number of benzene rings is 1. The Morgan fingerprint density at radius 2 is 2.06 bits per heavy atom. The number of nitrogens with zero attached hydrogens (tertiary/aromatic N) is 1. The summed E-state index contributed by atoms with van der Waals surface area (Å²) in [5.41, 5.74) is 1.68. The second-order valence-corrected chi connectivity index (χ2v) is 4.30. The third-order valence-corrected chi connectivity index (χ3v) is 2.72. The molecule has 1 aromatic rings. The molecule has 17 heavy (non-hydrogen) atoms. The predicted molar refractivity (Wildman–Crippen MR) is 66.6 cm³/mol. The molecule has 0 aliphatic carbocycles. The summed E-state index contributed by atoms with van der Waals surface area (Å²) in [5, 5.41) is 17.8. The second kappa shape index (κ2) is 6.93. The molecule has 1 aromatic carbocycles. The van der Waals surface area contributed by atoms with Crippen LogP contribution in [0, 0.1) is 17.2 Å². The minimum absolute atomic E-state index is 0.0288. The van der Waals surface area contributed by atoms with Crippen molar-refractivity contribution in [2.24, 2.45) is 5.92 Å². The normalized spacial score (nSPS) is 11.9. The number of aliphatic hydroxyl groups excluding tert-OH is 1. The number of hydrogen-bond donors (Lipinski definition) is 1. The van der Waals surface area contributed by atoms with Gasteiger partial charge in [-0.25, -0.2) is 0 Å². The van der Waals surface area contributed by atoms with E-state index < -0.39 is 0 Å². The fourth-order valence-corrected chi connectivity index (χ4v) is 1.45. The first-order chi connectivity index (χ1) is 8.19. The molecule has 0 aromatic heterocycles. The zero-order chi connectivity index (χ0) is 12.7. The maximum atomic E-state index is 9.14. The fourth-order valence-electron chi connectivity index (χ4n) is 1.45. The van der Waals surface area contributed by atoms with Gasteiger partial charge in [0.15, 0.2) is 0 Å².